The van der Waals surface area contributed by atoms with Crippen LogP contribution in [0, 0.1) is 11.8 Å². The van der Waals surface area contributed by atoms with E-state index in [0.29, 0.717) is 21.5 Å². The number of Topliss-reactive ketones (excluding diaryl/α,β-unsaturated/α-hetero) is 1. The molecule has 0 amide bonds. The van der Waals surface area contributed by atoms with Gasteiger partial charge >= 0.3 is 5.97 Å². The maximum absolute atomic E-state index is 13.3. The maximum Gasteiger partial charge on any atom is 0.316 e. The molecular formula is C24H26Cl2O3. The fourth-order valence-electron chi connectivity index (χ4n) is 4.18. The van der Waals surface area contributed by atoms with Crippen LogP contribution < -0.4 is 0 Å². The van der Waals surface area contributed by atoms with Crippen LogP contribution in [-0.4, -0.2) is 18.4 Å². The molecule has 1 fully saturated rings. The standard InChI is InChI=1S/C24H26Cl2O3/c1-2-29-24(28)21(15-19-14-20(25)12-13-22(19)26)23(27)18-10-8-17(9-11-18)16-6-4-3-5-7-16/h3-7,12-14,17-18,21H,2,8-11,15H2,1H3. The van der Waals surface area contributed by atoms with Crippen molar-refractivity contribution in [3.63, 3.8) is 0 Å². The van der Waals surface area contributed by atoms with Crippen molar-refractivity contribution in [1.82, 2.24) is 0 Å². The SMILES string of the molecule is CCOC(=O)C(Cc1cc(Cl)ccc1Cl)C(=O)C1CCC(c2ccccc2)CC1. The van der Waals surface area contributed by atoms with Gasteiger partial charge in [0.25, 0.3) is 0 Å². The molecule has 0 spiro atoms. The highest BCUT2D eigenvalue weighted by Crippen LogP contribution is 2.37. The highest BCUT2D eigenvalue weighted by atomic mass is 35.5. The minimum absolute atomic E-state index is 0.0361. The van der Waals surface area contributed by atoms with E-state index in [1.54, 1.807) is 25.1 Å². The largest absolute Gasteiger partial charge is 0.465 e. The Bertz CT molecular complexity index is 842. The van der Waals surface area contributed by atoms with Crippen molar-refractivity contribution in [1.29, 1.82) is 0 Å². The van der Waals surface area contributed by atoms with Gasteiger partial charge in [0.1, 0.15) is 5.92 Å². The Balaban J connectivity index is 1.71. The topological polar surface area (TPSA) is 43.4 Å². The lowest BCUT2D eigenvalue weighted by molar-refractivity contribution is -0.152. The second kappa shape index (κ2) is 10.3. The number of hydrogen-bond acceptors (Lipinski definition) is 3. The van der Waals surface area contributed by atoms with E-state index in [1.165, 1.54) is 5.56 Å². The van der Waals surface area contributed by atoms with Gasteiger partial charge in [-0.1, -0.05) is 53.5 Å². The molecule has 1 aliphatic carbocycles. The molecular weight excluding hydrogens is 407 g/mol. The lowest BCUT2D eigenvalue weighted by Gasteiger charge is -2.30. The molecule has 1 atom stereocenters. The summed E-state index contributed by atoms with van der Waals surface area (Å²) in [5.74, 6) is -1.00. The first-order valence-electron chi connectivity index (χ1n) is 10.2. The van der Waals surface area contributed by atoms with Gasteiger partial charge in [-0.3, -0.25) is 9.59 Å². The summed E-state index contributed by atoms with van der Waals surface area (Å²) in [6.07, 6.45) is 3.70. The minimum Gasteiger partial charge on any atom is -0.465 e. The molecule has 2 aromatic carbocycles. The Hall–Kier alpha value is -1.84. The van der Waals surface area contributed by atoms with E-state index < -0.39 is 11.9 Å². The number of benzene rings is 2. The Morgan fingerprint density at radius 3 is 2.38 bits per heavy atom. The number of ether oxygens (including phenoxy) is 1. The van der Waals surface area contributed by atoms with Crippen LogP contribution in [0.1, 0.15) is 49.7 Å². The quantitative estimate of drug-likeness (QED) is 0.383. The van der Waals surface area contributed by atoms with Crippen LogP contribution in [0.5, 0.6) is 0 Å². The van der Waals surface area contributed by atoms with Gasteiger partial charge in [0.2, 0.25) is 0 Å². The molecule has 0 radical (unpaired) electrons. The summed E-state index contributed by atoms with van der Waals surface area (Å²) in [6, 6.07) is 15.5. The van der Waals surface area contributed by atoms with Crippen LogP contribution in [0.2, 0.25) is 10.0 Å². The Labute approximate surface area is 182 Å². The predicted molar refractivity (Wildman–Crippen MR) is 116 cm³/mol. The molecule has 0 bridgehead atoms. The van der Waals surface area contributed by atoms with Crippen LogP contribution in [0.25, 0.3) is 0 Å². The monoisotopic (exact) mass is 432 g/mol. The van der Waals surface area contributed by atoms with E-state index in [4.69, 9.17) is 27.9 Å². The summed E-state index contributed by atoms with van der Waals surface area (Å²) >= 11 is 12.4. The second-order valence-corrected chi connectivity index (χ2v) is 8.45. The zero-order valence-electron chi connectivity index (χ0n) is 16.6. The number of rotatable bonds is 7. The number of hydrogen-bond donors (Lipinski definition) is 0. The Kier molecular flexibility index (Phi) is 7.74. The molecule has 1 aliphatic rings. The Morgan fingerprint density at radius 1 is 1.03 bits per heavy atom. The molecule has 0 saturated heterocycles. The van der Waals surface area contributed by atoms with E-state index in [9.17, 15) is 9.59 Å². The number of ketones is 1. The number of esters is 1. The van der Waals surface area contributed by atoms with E-state index in [0.717, 1.165) is 25.7 Å². The zero-order valence-corrected chi connectivity index (χ0v) is 18.1. The summed E-state index contributed by atoms with van der Waals surface area (Å²) in [7, 11) is 0. The fourth-order valence-corrected chi connectivity index (χ4v) is 4.57. The van der Waals surface area contributed by atoms with Crippen LogP contribution >= 0.6 is 23.2 Å². The van der Waals surface area contributed by atoms with Crippen LogP contribution in [0.15, 0.2) is 48.5 Å². The van der Waals surface area contributed by atoms with Gasteiger partial charge in [-0.05, 0) is 74.3 Å². The third kappa shape index (κ3) is 5.61. The maximum atomic E-state index is 13.3. The molecule has 0 N–H and O–H groups in total. The van der Waals surface area contributed by atoms with Crippen molar-refractivity contribution in [3.05, 3.63) is 69.7 Å². The first-order valence-corrected chi connectivity index (χ1v) is 10.9. The first kappa shape index (κ1) is 21.9. The van der Waals surface area contributed by atoms with Crippen molar-refractivity contribution >= 4 is 35.0 Å². The van der Waals surface area contributed by atoms with Gasteiger partial charge in [-0.15, -0.1) is 0 Å². The molecule has 2 aromatic rings. The highest BCUT2D eigenvalue weighted by Gasteiger charge is 2.36. The molecule has 0 aromatic heterocycles. The predicted octanol–water partition coefficient (Wildman–Crippen LogP) is 6.26. The molecule has 1 unspecified atom stereocenters. The van der Waals surface area contributed by atoms with E-state index >= 15 is 0 Å². The van der Waals surface area contributed by atoms with Crippen LogP contribution in [0.3, 0.4) is 0 Å². The molecule has 0 heterocycles. The lowest BCUT2D eigenvalue weighted by Crippen LogP contribution is -2.34. The van der Waals surface area contributed by atoms with Crippen molar-refractivity contribution < 1.29 is 14.3 Å². The summed E-state index contributed by atoms with van der Waals surface area (Å²) in [6.45, 7) is 1.99. The number of carbonyl (C=O) groups is 2. The van der Waals surface area contributed by atoms with Gasteiger partial charge in [-0.25, -0.2) is 0 Å². The highest BCUT2D eigenvalue weighted by molar-refractivity contribution is 6.33. The first-order chi connectivity index (χ1) is 14.0. The molecule has 5 heteroatoms. The van der Waals surface area contributed by atoms with E-state index in [1.807, 2.05) is 6.07 Å². The third-order valence-corrected chi connectivity index (χ3v) is 6.35. The molecule has 154 valence electrons. The average Bonchev–Trinajstić information content (AvgIpc) is 2.74. The third-order valence-electron chi connectivity index (χ3n) is 5.75. The second-order valence-electron chi connectivity index (χ2n) is 7.61. The molecule has 29 heavy (non-hydrogen) atoms. The summed E-state index contributed by atoms with van der Waals surface area (Å²) in [4.78, 5) is 25.9. The van der Waals surface area contributed by atoms with Gasteiger partial charge in [0.15, 0.2) is 5.78 Å². The number of halogens is 2. The lowest BCUT2D eigenvalue weighted by atomic mass is 9.74. The number of carbonyl (C=O) groups excluding carboxylic acids is 2. The van der Waals surface area contributed by atoms with Crippen molar-refractivity contribution in [3.8, 4) is 0 Å². The Morgan fingerprint density at radius 2 is 1.72 bits per heavy atom. The van der Waals surface area contributed by atoms with Gasteiger partial charge in [-0.2, -0.15) is 0 Å². The van der Waals surface area contributed by atoms with Crippen molar-refractivity contribution in [2.75, 3.05) is 6.61 Å². The van der Waals surface area contributed by atoms with Crippen LogP contribution in [-0.2, 0) is 20.7 Å². The molecule has 3 nitrogen and oxygen atoms in total. The van der Waals surface area contributed by atoms with Gasteiger partial charge < -0.3 is 4.74 Å². The van der Waals surface area contributed by atoms with Crippen molar-refractivity contribution in [2.45, 2.75) is 44.9 Å². The molecule has 0 aliphatic heterocycles. The summed E-state index contributed by atoms with van der Waals surface area (Å²) < 4.78 is 5.21. The van der Waals surface area contributed by atoms with E-state index in [-0.39, 0.29) is 24.7 Å². The smallest absolute Gasteiger partial charge is 0.316 e. The normalized spacial score (nSPS) is 20.1. The van der Waals surface area contributed by atoms with Crippen molar-refractivity contribution in [2.24, 2.45) is 11.8 Å². The van der Waals surface area contributed by atoms with Gasteiger partial charge in [0.05, 0.1) is 6.61 Å². The molecule has 3 rings (SSSR count). The zero-order chi connectivity index (χ0) is 20.8. The molecule has 1 saturated carbocycles. The average molecular weight is 433 g/mol. The van der Waals surface area contributed by atoms with Gasteiger partial charge in [0, 0.05) is 16.0 Å². The van der Waals surface area contributed by atoms with Crippen LogP contribution in [0.4, 0.5) is 0 Å². The summed E-state index contributed by atoms with van der Waals surface area (Å²) in [5.41, 5.74) is 2.02. The van der Waals surface area contributed by atoms with E-state index in [2.05, 4.69) is 24.3 Å². The summed E-state index contributed by atoms with van der Waals surface area (Å²) in [5, 5.41) is 1.03. The fraction of sp³-hybridized carbons (Fsp3) is 0.417. The minimum atomic E-state index is -0.843.